The van der Waals surface area contributed by atoms with E-state index in [1.165, 1.54) is 24.3 Å². The second kappa shape index (κ2) is 30.4. The van der Waals surface area contributed by atoms with Gasteiger partial charge in [0.15, 0.2) is 0 Å². The van der Waals surface area contributed by atoms with Crippen molar-refractivity contribution in [3.63, 3.8) is 0 Å². The predicted molar refractivity (Wildman–Crippen MR) is 284 cm³/mol. The lowest BCUT2D eigenvalue weighted by Crippen LogP contribution is -2.62. The molecule has 0 saturated carbocycles. The average molecular weight is 1140 g/mol. The van der Waals surface area contributed by atoms with Crippen molar-refractivity contribution in [2.45, 2.75) is 127 Å². The fourth-order valence-corrected chi connectivity index (χ4v) is 10.7. The summed E-state index contributed by atoms with van der Waals surface area (Å²) in [4.78, 5) is 190. The van der Waals surface area contributed by atoms with Crippen molar-refractivity contribution >= 4 is 104 Å². The van der Waals surface area contributed by atoms with Crippen LogP contribution in [0, 0.1) is 11.8 Å². The predicted octanol–water partition coefficient (Wildman–Crippen LogP) is -4.53. The maximum atomic E-state index is 14.8. The van der Waals surface area contributed by atoms with E-state index >= 15 is 0 Å². The zero-order valence-corrected chi connectivity index (χ0v) is 45.7. The number of imide groups is 1. The summed E-state index contributed by atoms with van der Waals surface area (Å²) in [5.41, 5.74) is 16.6. The molecule has 432 valence electrons. The van der Waals surface area contributed by atoms with Crippen LogP contribution in [-0.4, -0.2) is 177 Å². The van der Waals surface area contributed by atoms with Gasteiger partial charge in [-0.15, -0.1) is 0 Å². The molecule has 0 aromatic heterocycles. The molecule has 79 heavy (non-hydrogen) atoms. The van der Waals surface area contributed by atoms with Crippen LogP contribution in [-0.2, 0) is 73.5 Å². The number of nitrogens with two attached hydrogens (primary N) is 3. The van der Waals surface area contributed by atoms with E-state index in [1.807, 2.05) is 0 Å². The third kappa shape index (κ3) is 19.9. The van der Waals surface area contributed by atoms with Crippen molar-refractivity contribution in [3.8, 4) is 5.75 Å². The van der Waals surface area contributed by atoms with Crippen molar-refractivity contribution in [1.82, 2.24) is 52.3 Å². The number of rotatable bonds is 20. The quantitative estimate of drug-likeness (QED) is 0.0432. The minimum Gasteiger partial charge on any atom is -0.508 e. The molecule has 30 heteroatoms. The monoisotopic (exact) mass is 1140 g/mol. The Morgan fingerprint density at radius 3 is 1.96 bits per heavy atom. The van der Waals surface area contributed by atoms with Gasteiger partial charge in [0.05, 0.1) is 13.0 Å². The Balaban J connectivity index is 1.80. The Bertz CT molecular complexity index is 2520. The summed E-state index contributed by atoms with van der Waals surface area (Å²) >= 11 is 0. The van der Waals surface area contributed by atoms with Crippen molar-refractivity contribution in [2.24, 2.45) is 29.0 Å². The molecule has 0 bridgehead atoms. The summed E-state index contributed by atoms with van der Waals surface area (Å²) in [7, 11) is 1.74. The van der Waals surface area contributed by atoms with Crippen molar-refractivity contribution in [3.05, 3.63) is 42.0 Å². The van der Waals surface area contributed by atoms with Crippen molar-refractivity contribution in [2.75, 3.05) is 31.1 Å². The Hall–Kier alpha value is -7.76. The summed E-state index contributed by atoms with van der Waals surface area (Å²) in [5.74, 6) is -14.6. The van der Waals surface area contributed by atoms with Crippen LogP contribution in [0.2, 0.25) is 0 Å². The highest BCUT2D eigenvalue weighted by Crippen LogP contribution is 2.27. The molecule has 28 nitrogen and oxygen atoms in total. The lowest BCUT2D eigenvalue weighted by atomic mass is 9.96. The summed E-state index contributed by atoms with van der Waals surface area (Å²) in [6.45, 7) is 5.50. The SMILES string of the molecule is CC[C@H](C)C1NC(=O)[C@H](Cc2ccc(O)cc2)NC(=O)[C@@H](NC(=O)CN2C(=O)C=CC2=O)CSSC[C@@H](C(=O)N2CCCC2C(=O)N[C@@H](CC(C)C)C(=O)NCC(N)=O)NC(=O)[C@H](CC(N)=O)NC(=O)[C@H](CCC(N)=O)NC1=O. The van der Waals surface area contributed by atoms with Gasteiger partial charge in [-0.1, -0.05) is 67.8 Å². The fraction of sp³-hybridized carbons (Fsp3) is 0.551. The molecule has 0 radical (unpaired) electrons. The third-order valence-corrected chi connectivity index (χ3v) is 15.2. The number of likely N-dealkylation sites (tertiary alicyclic amines) is 1. The number of carbonyl (C=O) groups excluding carboxylic acids is 14. The standard InChI is InChI=1S/C49H69N13O15S2/c1-5-25(4)41-48(76)55-28(12-13-35(50)64)43(71)57-31(19-36(51)65)44(72)59-33(49(77)61-16-6-7-34(61)47(75)58-29(17-24(2)3)42(70)53-20-37(52)66)23-79-78-22-32(54-38(67)21-62-39(68)14-15-40(62)69)46(74)56-30(45(73)60-41)18-26-8-10-27(63)11-9-26/h8-11,14-15,24-25,28-34,41,63H,5-7,12-13,16-23H2,1-4H3,(H2,50,64)(H2,51,65)(H2,52,66)(H,53,70)(H,54,67)(H,55,76)(H,56,74)(H,57,71)(H,58,75)(H,59,72)(H,60,73)/t25-,28-,29-,30-,31-,32-,33-,34?,41?/m0/s1. The largest absolute Gasteiger partial charge is 0.508 e. The molecule has 0 spiro atoms. The lowest BCUT2D eigenvalue weighted by Gasteiger charge is -2.31. The van der Waals surface area contributed by atoms with Crippen LogP contribution in [0.25, 0.3) is 0 Å². The topological polar surface area (TPSA) is 440 Å². The summed E-state index contributed by atoms with van der Waals surface area (Å²) in [5, 5.41) is 30.1. The van der Waals surface area contributed by atoms with E-state index in [0.29, 0.717) is 10.5 Å². The van der Waals surface area contributed by atoms with Gasteiger partial charge >= 0.3 is 0 Å². The van der Waals surface area contributed by atoms with E-state index in [9.17, 15) is 72.2 Å². The highest BCUT2D eigenvalue weighted by Gasteiger charge is 2.41. The van der Waals surface area contributed by atoms with Gasteiger partial charge in [0.1, 0.15) is 60.6 Å². The first kappa shape index (κ1) is 63.8. The van der Waals surface area contributed by atoms with Crippen molar-refractivity contribution in [1.29, 1.82) is 0 Å². The second-order valence-electron chi connectivity index (χ2n) is 19.5. The Kier molecular flexibility index (Phi) is 24.5. The van der Waals surface area contributed by atoms with E-state index in [0.717, 1.165) is 38.6 Å². The fourth-order valence-electron chi connectivity index (χ4n) is 8.41. The first-order valence-corrected chi connectivity index (χ1v) is 27.9. The number of hydrogen-bond acceptors (Lipinski definition) is 17. The minimum atomic E-state index is -1.84. The molecule has 14 amide bonds. The van der Waals surface area contributed by atoms with Crippen LogP contribution in [0.5, 0.6) is 5.75 Å². The Morgan fingerprint density at radius 1 is 0.747 bits per heavy atom. The van der Waals surface area contributed by atoms with Gasteiger partial charge in [0.2, 0.25) is 70.9 Å². The third-order valence-electron chi connectivity index (χ3n) is 12.8. The van der Waals surface area contributed by atoms with Crippen LogP contribution >= 0.6 is 21.6 Å². The van der Waals surface area contributed by atoms with Gasteiger partial charge < -0.3 is 69.7 Å². The maximum absolute atomic E-state index is 14.8. The van der Waals surface area contributed by atoms with Gasteiger partial charge in [0.25, 0.3) is 11.8 Å². The molecule has 2 fully saturated rings. The van der Waals surface area contributed by atoms with E-state index < -0.39 is 169 Å². The zero-order valence-electron chi connectivity index (χ0n) is 44.0. The molecule has 3 heterocycles. The molecule has 3 aliphatic rings. The molecule has 1 aromatic carbocycles. The molecule has 15 N–H and O–H groups in total. The number of benzene rings is 1. The number of carbonyl (C=O) groups is 14. The van der Waals surface area contributed by atoms with Gasteiger partial charge in [-0.2, -0.15) is 0 Å². The van der Waals surface area contributed by atoms with Gasteiger partial charge in [-0.05, 0) is 55.2 Å². The van der Waals surface area contributed by atoms with E-state index in [4.69, 9.17) is 17.2 Å². The lowest BCUT2D eigenvalue weighted by molar-refractivity contribution is -0.142. The summed E-state index contributed by atoms with van der Waals surface area (Å²) in [6.07, 6.45) is 0.577. The first-order valence-electron chi connectivity index (χ1n) is 25.4. The Morgan fingerprint density at radius 2 is 1.35 bits per heavy atom. The van der Waals surface area contributed by atoms with E-state index in [-0.39, 0.29) is 61.8 Å². The first-order chi connectivity index (χ1) is 37.3. The van der Waals surface area contributed by atoms with Crippen LogP contribution < -0.4 is 59.7 Å². The van der Waals surface area contributed by atoms with Crippen LogP contribution in [0.1, 0.15) is 78.2 Å². The Labute approximate surface area is 462 Å². The van der Waals surface area contributed by atoms with Crippen LogP contribution in [0.4, 0.5) is 0 Å². The molecule has 3 aliphatic heterocycles. The number of phenolic OH excluding ortho intramolecular Hbond substituents is 1. The second-order valence-corrected chi connectivity index (χ2v) is 22.1. The molecule has 2 saturated heterocycles. The molecule has 1 aromatic rings. The number of phenols is 1. The van der Waals surface area contributed by atoms with E-state index in [1.54, 1.807) is 27.7 Å². The van der Waals surface area contributed by atoms with E-state index in [2.05, 4.69) is 42.5 Å². The summed E-state index contributed by atoms with van der Waals surface area (Å²) in [6, 6.07) is -6.46. The van der Waals surface area contributed by atoms with Crippen molar-refractivity contribution < 1.29 is 72.2 Å². The van der Waals surface area contributed by atoms with Gasteiger partial charge in [-0.25, -0.2) is 0 Å². The summed E-state index contributed by atoms with van der Waals surface area (Å²) < 4.78 is 0. The van der Waals surface area contributed by atoms with Gasteiger partial charge in [-0.3, -0.25) is 72.0 Å². The van der Waals surface area contributed by atoms with Crippen LogP contribution in [0.3, 0.4) is 0 Å². The molecule has 2 unspecified atom stereocenters. The number of nitrogens with one attached hydrogen (secondary N) is 8. The molecule has 0 aliphatic carbocycles. The maximum Gasteiger partial charge on any atom is 0.254 e. The normalized spacial score (nSPS) is 23.5. The average Bonchev–Trinajstić information content (AvgIpc) is 4.02. The smallest absolute Gasteiger partial charge is 0.254 e. The molecular formula is C49H69N13O15S2. The van der Waals surface area contributed by atoms with Crippen LogP contribution in [0.15, 0.2) is 36.4 Å². The number of hydrogen-bond donors (Lipinski definition) is 12. The highest BCUT2D eigenvalue weighted by molar-refractivity contribution is 8.76. The number of primary amides is 3. The molecule has 9 atom stereocenters. The number of aromatic hydroxyl groups is 1. The molecule has 4 rings (SSSR count). The van der Waals surface area contributed by atoms with Gasteiger partial charge in [0, 0.05) is 43.0 Å². The number of amides is 14. The number of nitrogens with zero attached hydrogens (tertiary/aromatic N) is 2. The minimum absolute atomic E-state index is 0.0329. The highest BCUT2D eigenvalue weighted by atomic mass is 33.1. The zero-order chi connectivity index (χ0) is 58.7. The molecular weight excluding hydrogens is 1070 g/mol.